The second-order valence-electron chi connectivity index (χ2n) is 2.61. The molecule has 1 rings (SSSR count). The van der Waals surface area contributed by atoms with E-state index in [9.17, 15) is 22.4 Å². The molecule has 0 radical (unpaired) electrons. The lowest BCUT2D eigenvalue weighted by atomic mass is 10.1. The molecule has 0 spiro atoms. The molecule has 7 heteroatoms. The van der Waals surface area contributed by atoms with Crippen LogP contribution in [0.4, 0.5) is 17.6 Å². The molecule has 0 amide bonds. The largest absolute Gasteiger partial charge is 0.478 e. The second-order valence-corrected chi connectivity index (χ2v) is 3.02. The molecule has 0 aliphatic carbocycles. The number of rotatable bonds is 1. The van der Waals surface area contributed by atoms with Crippen molar-refractivity contribution in [3.63, 3.8) is 0 Å². The maximum absolute atomic E-state index is 12.9. The zero-order valence-electron chi connectivity index (χ0n) is 6.90. The first-order chi connectivity index (χ1) is 6.73. The summed E-state index contributed by atoms with van der Waals surface area (Å²) in [6, 6.07) is 0.494. The van der Waals surface area contributed by atoms with Crippen LogP contribution in [0.15, 0.2) is 12.1 Å². The van der Waals surface area contributed by atoms with E-state index in [4.69, 9.17) is 16.7 Å². The normalized spacial score (nSPS) is 11.5. The molecule has 0 aromatic heterocycles. The molecule has 1 N–H and O–H groups in total. The molecule has 0 fully saturated rings. The Morgan fingerprint density at radius 1 is 1.33 bits per heavy atom. The van der Waals surface area contributed by atoms with Gasteiger partial charge >= 0.3 is 12.1 Å². The molecule has 0 atom stereocenters. The maximum atomic E-state index is 12.9. The van der Waals surface area contributed by atoms with Gasteiger partial charge in [0.1, 0.15) is 5.82 Å². The summed E-state index contributed by atoms with van der Waals surface area (Å²) in [6.07, 6.45) is -4.81. The first-order valence-electron chi connectivity index (χ1n) is 3.53. The van der Waals surface area contributed by atoms with Crippen LogP contribution in [0.5, 0.6) is 0 Å². The number of halogens is 5. The lowest BCUT2D eigenvalue weighted by Crippen LogP contribution is -2.09. The summed E-state index contributed by atoms with van der Waals surface area (Å²) in [7, 11) is 0. The van der Waals surface area contributed by atoms with E-state index in [2.05, 4.69) is 0 Å². The predicted molar refractivity (Wildman–Crippen MR) is 43.4 cm³/mol. The van der Waals surface area contributed by atoms with E-state index in [1.54, 1.807) is 0 Å². The summed E-state index contributed by atoms with van der Waals surface area (Å²) in [5.74, 6) is -3.15. The molecule has 1 aromatic rings. The topological polar surface area (TPSA) is 37.3 Å². The zero-order chi connectivity index (χ0) is 11.8. The van der Waals surface area contributed by atoms with Crippen LogP contribution in [0.2, 0.25) is 5.02 Å². The summed E-state index contributed by atoms with van der Waals surface area (Å²) in [5.41, 5.74) is -2.29. The standard InChI is InChI=1S/C8H3ClF4O2/c9-5-1-3(7(14)15)6(10)2-4(5)8(11,12)13/h1-2H,(H,14,15). The summed E-state index contributed by atoms with van der Waals surface area (Å²) in [5, 5.41) is 7.56. The van der Waals surface area contributed by atoms with Crippen LogP contribution in [0.25, 0.3) is 0 Å². The van der Waals surface area contributed by atoms with Crippen molar-refractivity contribution in [2.75, 3.05) is 0 Å². The lowest BCUT2D eigenvalue weighted by Gasteiger charge is -2.09. The monoisotopic (exact) mass is 242 g/mol. The molecule has 2 nitrogen and oxygen atoms in total. The lowest BCUT2D eigenvalue weighted by molar-refractivity contribution is -0.137. The third-order valence-corrected chi connectivity index (χ3v) is 1.91. The highest BCUT2D eigenvalue weighted by atomic mass is 35.5. The Kier molecular flexibility index (Phi) is 2.90. The molecule has 0 unspecified atom stereocenters. The average Bonchev–Trinajstić information content (AvgIpc) is 2.06. The third-order valence-electron chi connectivity index (χ3n) is 1.59. The number of hydrogen-bond acceptors (Lipinski definition) is 1. The average molecular weight is 243 g/mol. The molecule has 15 heavy (non-hydrogen) atoms. The van der Waals surface area contributed by atoms with Crippen molar-refractivity contribution in [3.05, 3.63) is 34.1 Å². The molecule has 0 aliphatic heterocycles. The molecule has 82 valence electrons. The molecular formula is C8H3ClF4O2. The summed E-state index contributed by atoms with van der Waals surface area (Å²) in [6.45, 7) is 0. The number of alkyl halides is 3. The van der Waals surface area contributed by atoms with Crippen molar-refractivity contribution < 1.29 is 27.5 Å². The predicted octanol–water partition coefficient (Wildman–Crippen LogP) is 3.20. The smallest absolute Gasteiger partial charge is 0.417 e. The van der Waals surface area contributed by atoms with Gasteiger partial charge in [-0.25, -0.2) is 9.18 Å². The summed E-state index contributed by atoms with van der Waals surface area (Å²) < 4.78 is 49.4. The van der Waals surface area contributed by atoms with Gasteiger partial charge in [-0.15, -0.1) is 0 Å². The second kappa shape index (κ2) is 3.69. The fourth-order valence-electron chi connectivity index (χ4n) is 0.928. The van der Waals surface area contributed by atoms with E-state index >= 15 is 0 Å². The van der Waals surface area contributed by atoms with Crippen LogP contribution < -0.4 is 0 Å². The quantitative estimate of drug-likeness (QED) is 0.768. The van der Waals surface area contributed by atoms with Crippen LogP contribution in [-0.4, -0.2) is 11.1 Å². The molecule has 1 aromatic carbocycles. The Labute approximate surface area is 86.1 Å². The van der Waals surface area contributed by atoms with Gasteiger partial charge in [-0.1, -0.05) is 11.6 Å². The third kappa shape index (κ3) is 2.38. The first kappa shape index (κ1) is 11.8. The first-order valence-corrected chi connectivity index (χ1v) is 3.91. The van der Waals surface area contributed by atoms with E-state index in [-0.39, 0.29) is 6.07 Å². The van der Waals surface area contributed by atoms with Gasteiger partial charge in [-0.05, 0) is 12.1 Å². The molecule has 0 saturated carbocycles. The van der Waals surface area contributed by atoms with Crippen LogP contribution >= 0.6 is 11.6 Å². The minimum absolute atomic E-state index is 0.0613. The van der Waals surface area contributed by atoms with E-state index in [1.165, 1.54) is 0 Å². The fraction of sp³-hybridized carbons (Fsp3) is 0.125. The van der Waals surface area contributed by atoms with Crippen molar-refractivity contribution in [3.8, 4) is 0 Å². The van der Waals surface area contributed by atoms with E-state index in [0.717, 1.165) is 0 Å². The van der Waals surface area contributed by atoms with Crippen LogP contribution in [0.1, 0.15) is 15.9 Å². The molecule has 0 heterocycles. The zero-order valence-corrected chi connectivity index (χ0v) is 7.66. The van der Waals surface area contributed by atoms with Crippen molar-refractivity contribution >= 4 is 17.6 Å². The van der Waals surface area contributed by atoms with Crippen molar-refractivity contribution in [2.24, 2.45) is 0 Å². The summed E-state index contributed by atoms with van der Waals surface area (Å²) >= 11 is 5.18. The van der Waals surface area contributed by atoms with Gasteiger partial charge in [0.15, 0.2) is 0 Å². The van der Waals surface area contributed by atoms with Gasteiger partial charge in [0.25, 0.3) is 0 Å². The number of carboxylic acids is 1. The van der Waals surface area contributed by atoms with E-state index in [1.807, 2.05) is 0 Å². The highest BCUT2D eigenvalue weighted by Crippen LogP contribution is 2.35. The number of carboxylic acid groups (broad SMARTS) is 1. The Hall–Kier alpha value is -1.30. The van der Waals surface area contributed by atoms with E-state index < -0.39 is 34.1 Å². The molecule has 0 bridgehead atoms. The Morgan fingerprint density at radius 3 is 2.27 bits per heavy atom. The van der Waals surface area contributed by atoms with Crippen LogP contribution in [0, 0.1) is 5.82 Å². The molecule has 0 saturated heterocycles. The van der Waals surface area contributed by atoms with Gasteiger partial charge in [-0.2, -0.15) is 13.2 Å². The SMILES string of the molecule is O=C(O)c1cc(Cl)c(C(F)(F)F)cc1F. The summed E-state index contributed by atoms with van der Waals surface area (Å²) in [4.78, 5) is 10.4. The van der Waals surface area contributed by atoms with Gasteiger partial charge in [-0.3, -0.25) is 0 Å². The number of hydrogen-bond donors (Lipinski definition) is 1. The minimum atomic E-state index is -4.81. The van der Waals surface area contributed by atoms with Gasteiger partial charge in [0, 0.05) is 0 Å². The van der Waals surface area contributed by atoms with Gasteiger partial charge in [0.2, 0.25) is 0 Å². The van der Waals surface area contributed by atoms with Gasteiger partial charge < -0.3 is 5.11 Å². The van der Waals surface area contributed by atoms with E-state index in [0.29, 0.717) is 6.07 Å². The number of aromatic carboxylic acids is 1. The van der Waals surface area contributed by atoms with Crippen LogP contribution in [0.3, 0.4) is 0 Å². The highest BCUT2D eigenvalue weighted by Gasteiger charge is 2.34. The highest BCUT2D eigenvalue weighted by molar-refractivity contribution is 6.31. The Balaban J connectivity index is 3.39. The van der Waals surface area contributed by atoms with Crippen molar-refractivity contribution in [1.29, 1.82) is 0 Å². The number of carbonyl (C=O) groups is 1. The molecular weight excluding hydrogens is 240 g/mol. The fourth-order valence-corrected chi connectivity index (χ4v) is 1.20. The Bertz CT molecular complexity index is 414. The molecule has 0 aliphatic rings. The minimum Gasteiger partial charge on any atom is -0.478 e. The maximum Gasteiger partial charge on any atom is 0.417 e. The van der Waals surface area contributed by atoms with Crippen molar-refractivity contribution in [2.45, 2.75) is 6.18 Å². The van der Waals surface area contributed by atoms with Gasteiger partial charge in [0.05, 0.1) is 16.1 Å². The number of benzene rings is 1. The van der Waals surface area contributed by atoms with Crippen molar-refractivity contribution in [1.82, 2.24) is 0 Å². The Morgan fingerprint density at radius 2 is 1.87 bits per heavy atom. The van der Waals surface area contributed by atoms with Crippen LogP contribution in [-0.2, 0) is 6.18 Å².